The Morgan fingerprint density at radius 3 is 2.52 bits per heavy atom. The van der Waals surface area contributed by atoms with Crippen molar-refractivity contribution in [3.05, 3.63) is 59.0 Å². The first-order valence-electron chi connectivity index (χ1n) is 7.77. The summed E-state index contributed by atoms with van der Waals surface area (Å²) in [4.78, 5) is 14.3. The second kappa shape index (κ2) is 7.49. The molecule has 1 aromatic carbocycles. The van der Waals surface area contributed by atoms with Crippen LogP contribution in [0.1, 0.15) is 38.2 Å². The maximum atomic E-state index is 12.6. The normalized spacial score (nSPS) is 15.6. The van der Waals surface area contributed by atoms with Crippen LogP contribution in [-0.2, 0) is 6.54 Å². The van der Waals surface area contributed by atoms with Gasteiger partial charge in [-0.2, -0.15) is 0 Å². The van der Waals surface area contributed by atoms with Crippen molar-refractivity contribution >= 4 is 29.4 Å². The van der Waals surface area contributed by atoms with E-state index in [0.717, 1.165) is 16.9 Å². The lowest BCUT2D eigenvalue weighted by atomic mass is 10.1. The lowest BCUT2D eigenvalue weighted by molar-refractivity contribution is 0.0784. The van der Waals surface area contributed by atoms with E-state index in [4.69, 9.17) is 4.42 Å². The van der Waals surface area contributed by atoms with Gasteiger partial charge in [-0.05, 0) is 48.6 Å². The zero-order valence-corrected chi connectivity index (χ0v) is 15.1. The van der Waals surface area contributed by atoms with Crippen molar-refractivity contribution < 1.29 is 9.21 Å². The van der Waals surface area contributed by atoms with Crippen LogP contribution in [0.25, 0.3) is 0 Å². The Labute approximate surface area is 145 Å². The Morgan fingerprint density at radius 2 is 1.91 bits per heavy atom. The Hall–Kier alpha value is -1.33. The Kier molecular flexibility index (Phi) is 5.38. The molecular formula is C18H21NO2S2. The summed E-state index contributed by atoms with van der Waals surface area (Å²) < 4.78 is 5.80. The van der Waals surface area contributed by atoms with E-state index in [1.165, 1.54) is 23.5 Å². The number of thioether (sulfide) groups is 2. The highest BCUT2D eigenvalue weighted by atomic mass is 32.2. The number of carbonyl (C=O) groups excluding carboxylic acids is 1. The van der Waals surface area contributed by atoms with Crippen LogP contribution in [0.5, 0.6) is 0 Å². The van der Waals surface area contributed by atoms with Crippen LogP contribution in [0.2, 0.25) is 0 Å². The van der Waals surface area contributed by atoms with E-state index in [-0.39, 0.29) is 5.91 Å². The summed E-state index contributed by atoms with van der Waals surface area (Å²) in [6.07, 6.45) is 2.96. The van der Waals surface area contributed by atoms with Crippen molar-refractivity contribution in [1.29, 1.82) is 0 Å². The van der Waals surface area contributed by atoms with Crippen LogP contribution < -0.4 is 0 Å². The number of nitrogens with zero attached hydrogens (tertiary/aromatic N) is 1. The van der Waals surface area contributed by atoms with Crippen molar-refractivity contribution in [2.24, 2.45) is 0 Å². The highest BCUT2D eigenvalue weighted by molar-refractivity contribution is 8.16. The molecule has 0 unspecified atom stereocenters. The predicted molar refractivity (Wildman–Crippen MR) is 98.0 cm³/mol. The Balaban J connectivity index is 1.66. The highest BCUT2D eigenvalue weighted by Crippen LogP contribution is 2.43. The van der Waals surface area contributed by atoms with Gasteiger partial charge in [-0.15, -0.1) is 23.5 Å². The largest absolute Gasteiger partial charge is 0.469 e. The molecule has 1 fully saturated rings. The monoisotopic (exact) mass is 347 g/mol. The van der Waals surface area contributed by atoms with Gasteiger partial charge in [0.05, 0.1) is 10.8 Å². The minimum absolute atomic E-state index is 0.0427. The van der Waals surface area contributed by atoms with Gasteiger partial charge in [0.25, 0.3) is 5.91 Å². The summed E-state index contributed by atoms with van der Waals surface area (Å²) in [6, 6.07) is 10.0. The van der Waals surface area contributed by atoms with E-state index < -0.39 is 0 Å². The van der Waals surface area contributed by atoms with E-state index in [1.807, 2.05) is 55.7 Å². The van der Waals surface area contributed by atoms with E-state index in [1.54, 1.807) is 11.2 Å². The van der Waals surface area contributed by atoms with Crippen LogP contribution in [0, 0.1) is 6.92 Å². The van der Waals surface area contributed by atoms with Crippen LogP contribution in [0.15, 0.2) is 41.0 Å². The molecule has 5 heteroatoms. The molecule has 122 valence electrons. The summed E-state index contributed by atoms with van der Waals surface area (Å²) in [5, 5.41) is 0. The average Bonchev–Trinajstić information content (AvgIpc) is 3.00. The summed E-state index contributed by atoms with van der Waals surface area (Å²) in [6.45, 7) is 2.49. The quantitative estimate of drug-likeness (QED) is 0.801. The van der Waals surface area contributed by atoms with Gasteiger partial charge in [-0.3, -0.25) is 4.79 Å². The molecule has 1 amide bonds. The molecule has 0 spiro atoms. The SMILES string of the molecule is Cc1occc1CN(C)C(=O)c1ccc(C2SCCCS2)cc1. The molecule has 3 rings (SSSR count). The molecule has 0 bridgehead atoms. The van der Waals surface area contributed by atoms with Crippen LogP contribution >= 0.6 is 23.5 Å². The molecule has 3 nitrogen and oxygen atoms in total. The van der Waals surface area contributed by atoms with Gasteiger partial charge in [-0.25, -0.2) is 0 Å². The molecule has 23 heavy (non-hydrogen) atoms. The first-order chi connectivity index (χ1) is 11.1. The van der Waals surface area contributed by atoms with Gasteiger partial charge in [0, 0.05) is 24.7 Å². The number of rotatable bonds is 4. The number of hydrogen-bond donors (Lipinski definition) is 0. The van der Waals surface area contributed by atoms with E-state index in [0.29, 0.717) is 11.1 Å². The molecule has 1 saturated heterocycles. The fourth-order valence-electron chi connectivity index (χ4n) is 2.59. The van der Waals surface area contributed by atoms with E-state index in [2.05, 4.69) is 12.1 Å². The van der Waals surface area contributed by atoms with Crippen LogP contribution in [0.4, 0.5) is 0 Å². The van der Waals surface area contributed by atoms with Crippen molar-refractivity contribution in [3.63, 3.8) is 0 Å². The zero-order chi connectivity index (χ0) is 16.2. The lowest BCUT2D eigenvalue weighted by Gasteiger charge is -2.22. The molecule has 1 aromatic heterocycles. The molecule has 2 heterocycles. The summed E-state index contributed by atoms with van der Waals surface area (Å²) in [5.74, 6) is 3.36. The molecular weight excluding hydrogens is 326 g/mol. The van der Waals surface area contributed by atoms with Gasteiger partial charge >= 0.3 is 0 Å². The van der Waals surface area contributed by atoms with Gasteiger partial charge in [0.1, 0.15) is 5.76 Å². The molecule has 1 aliphatic rings. The number of carbonyl (C=O) groups is 1. The summed E-state index contributed by atoms with van der Waals surface area (Å²) >= 11 is 4.00. The second-order valence-electron chi connectivity index (χ2n) is 5.71. The highest BCUT2D eigenvalue weighted by Gasteiger charge is 2.18. The topological polar surface area (TPSA) is 33.5 Å². The predicted octanol–water partition coefficient (Wildman–Crippen LogP) is 4.73. The van der Waals surface area contributed by atoms with Crippen LogP contribution in [-0.4, -0.2) is 29.4 Å². The third kappa shape index (κ3) is 3.96. The van der Waals surface area contributed by atoms with E-state index >= 15 is 0 Å². The van der Waals surface area contributed by atoms with Crippen molar-refractivity contribution in [3.8, 4) is 0 Å². The molecule has 0 saturated carbocycles. The molecule has 0 aliphatic carbocycles. The van der Waals surface area contributed by atoms with Crippen molar-refractivity contribution in [2.45, 2.75) is 24.5 Å². The first kappa shape index (κ1) is 16.5. The minimum atomic E-state index is 0.0427. The Bertz CT molecular complexity index is 660. The zero-order valence-electron chi connectivity index (χ0n) is 13.5. The van der Waals surface area contributed by atoms with Crippen molar-refractivity contribution in [2.75, 3.05) is 18.6 Å². The first-order valence-corrected chi connectivity index (χ1v) is 9.86. The van der Waals surface area contributed by atoms with Gasteiger partial charge in [0.2, 0.25) is 0 Å². The average molecular weight is 348 g/mol. The number of aryl methyl sites for hydroxylation is 1. The van der Waals surface area contributed by atoms with Gasteiger partial charge in [-0.1, -0.05) is 12.1 Å². The summed E-state index contributed by atoms with van der Waals surface area (Å²) in [7, 11) is 1.83. The molecule has 2 aromatic rings. The number of hydrogen-bond acceptors (Lipinski definition) is 4. The number of amides is 1. The number of benzene rings is 1. The number of furan rings is 1. The molecule has 0 N–H and O–H groups in total. The fraction of sp³-hybridized carbons (Fsp3) is 0.389. The third-order valence-electron chi connectivity index (χ3n) is 3.98. The van der Waals surface area contributed by atoms with Crippen LogP contribution in [0.3, 0.4) is 0 Å². The maximum Gasteiger partial charge on any atom is 0.253 e. The van der Waals surface area contributed by atoms with E-state index in [9.17, 15) is 4.79 Å². The van der Waals surface area contributed by atoms with Gasteiger partial charge < -0.3 is 9.32 Å². The van der Waals surface area contributed by atoms with Gasteiger partial charge in [0.15, 0.2) is 0 Å². The maximum absolute atomic E-state index is 12.6. The fourth-order valence-corrected chi connectivity index (χ4v) is 5.48. The minimum Gasteiger partial charge on any atom is -0.469 e. The van der Waals surface area contributed by atoms with Crippen molar-refractivity contribution in [1.82, 2.24) is 4.90 Å². The molecule has 0 atom stereocenters. The second-order valence-corrected chi connectivity index (χ2v) is 8.44. The Morgan fingerprint density at radius 1 is 1.22 bits per heavy atom. The molecule has 0 radical (unpaired) electrons. The summed E-state index contributed by atoms with van der Waals surface area (Å²) in [5.41, 5.74) is 3.10. The standard InChI is InChI=1S/C18H21NO2S2/c1-13-16(8-9-21-13)12-19(2)17(20)14-4-6-15(7-5-14)18-22-10-3-11-23-18/h4-9,18H,3,10-12H2,1-2H3. The molecule has 1 aliphatic heterocycles. The third-order valence-corrected chi connectivity index (χ3v) is 6.99. The lowest BCUT2D eigenvalue weighted by Crippen LogP contribution is -2.26. The smallest absolute Gasteiger partial charge is 0.253 e.